The van der Waals surface area contributed by atoms with Gasteiger partial charge in [0, 0.05) is 32.0 Å². The van der Waals surface area contributed by atoms with E-state index in [2.05, 4.69) is 4.90 Å². The molecule has 0 aromatic carbocycles. The minimum absolute atomic E-state index is 0.0947. The van der Waals surface area contributed by atoms with E-state index >= 15 is 0 Å². The Bertz CT molecular complexity index is 255. The Labute approximate surface area is 109 Å². The van der Waals surface area contributed by atoms with Gasteiger partial charge in [0.05, 0.1) is 25.9 Å². The van der Waals surface area contributed by atoms with Crippen molar-refractivity contribution in [3.63, 3.8) is 0 Å². The van der Waals surface area contributed by atoms with Crippen LogP contribution in [0.3, 0.4) is 0 Å². The highest BCUT2D eigenvalue weighted by Crippen LogP contribution is 2.37. The van der Waals surface area contributed by atoms with Crippen LogP contribution >= 0.6 is 0 Å². The Kier molecular flexibility index (Phi) is 4.98. The quantitative estimate of drug-likeness (QED) is 0.733. The largest absolute Gasteiger partial charge is 0.391 e. The molecule has 106 valence electrons. The Morgan fingerprint density at radius 1 is 1.39 bits per heavy atom. The Balaban J connectivity index is 1.88. The maximum Gasteiger partial charge on any atom is 0.170 e. The van der Waals surface area contributed by atoms with Crippen LogP contribution in [-0.4, -0.2) is 68.0 Å². The molecule has 2 atom stereocenters. The number of hydrogen-bond acceptors (Lipinski definition) is 5. The first-order valence-electron chi connectivity index (χ1n) is 6.91. The van der Waals surface area contributed by atoms with Gasteiger partial charge in [0.1, 0.15) is 0 Å². The van der Waals surface area contributed by atoms with Crippen LogP contribution in [0.15, 0.2) is 0 Å². The second-order valence-electron chi connectivity index (χ2n) is 5.16. The number of rotatable bonds is 5. The molecule has 1 spiro atoms. The molecule has 0 radical (unpaired) electrons. The third-order valence-corrected chi connectivity index (χ3v) is 3.96. The van der Waals surface area contributed by atoms with Crippen LogP contribution in [0.2, 0.25) is 0 Å². The normalized spacial score (nSPS) is 31.3. The van der Waals surface area contributed by atoms with Gasteiger partial charge < -0.3 is 19.3 Å². The van der Waals surface area contributed by atoms with Crippen molar-refractivity contribution in [2.24, 2.45) is 0 Å². The van der Waals surface area contributed by atoms with E-state index in [0.717, 1.165) is 32.4 Å². The maximum absolute atomic E-state index is 10.1. The molecule has 1 aliphatic heterocycles. The summed E-state index contributed by atoms with van der Waals surface area (Å²) in [6.45, 7) is 5.59. The summed E-state index contributed by atoms with van der Waals surface area (Å²) in [5, 5.41) is 10.1. The summed E-state index contributed by atoms with van der Waals surface area (Å²) >= 11 is 0. The first-order valence-corrected chi connectivity index (χ1v) is 6.91. The van der Waals surface area contributed by atoms with E-state index in [9.17, 15) is 5.11 Å². The molecule has 5 heteroatoms. The minimum Gasteiger partial charge on any atom is -0.391 e. The zero-order valence-corrected chi connectivity index (χ0v) is 11.4. The number of aliphatic hydroxyl groups is 1. The average molecular weight is 259 g/mol. The van der Waals surface area contributed by atoms with Crippen molar-refractivity contribution in [2.45, 2.75) is 44.1 Å². The van der Waals surface area contributed by atoms with E-state index in [1.54, 1.807) is 0 Å². The Morgan fingerprint density at radius 2 is 2.11 bits per heavy atom. The van der Waals surface area contributed by atoms with Gasteiger partial charge in [0.25, 0.3) is 0 Å². The molecular weight excluding hydrogens is 234 g/mol. The predicted octanol–water partition coefficient (Wildman–Crippen LogP) is 0.611. The van der Waals surface area contributed by atoms with Crippen molar-refractivity contribution in [3.05, 3.63) is 0 Å². The molecule has 0 aromatic rings. The van der Waals surface area contributed by atoms with Crippen molar-refractivity contribution in [2.75, 3.05) is 40.0 Å². The zero-order chi connectivity index (χ0) is 13.0. The van der Waals surface area contributed by atoms with Crippen molar-refractivity contribution in [1.29, 1.82) is 0 Å². The topological polar surface area (TPSA) is 51.2 Å². The van der Waals surface area contributed by atoms with E-state index in [1.165, 1.54) is 0 Å². The second-order valence-corrected chi connectivity index (χ2v) is 5.16. The SMILES string of the molecule is CCOCCN(C)C1CC2(CCC1O)OCCO2. The molecule has 18 heavy (non-hydrogen) atoms. The molecule has 1 N–H and O–H groups in total. The zero-order valence-electron chi connectivity index (χ0n) is 11.4. The van der Waals surface area contributed by atoms with Gasteiger partial charge in [-0.1, -0.05) is 0 Å². The van der Waals surface area contributed by atoms with E-state index < -0.39 is 5.79 Å². The van der Waals surface area contributed by atoms with Crippen molar-refractivity contribution in [3.8, 4) is 0 Å². The highest BCUT2D eigenvalue weighted by Gasteiger charge is 2.45. The third kappa shape index (κ3) is 3.22. The molecule has 2 rings (SSSR count). The van der Waals surface area contributed by atoms with Gasteiger partial charge in [0.2, 0.25) is 0 Å². The predicted molar refractivity (Wildman–Crippen MR) is 67.4 cm³/mol. The molecule has 2 fully saturated rings. The fourth-order valence-electron chi connectivity index (χ4n) is 2.84. The number of aliphatic hydroxyl groups excluding tert-OH is 1. The van der Waals surface area contributed by atoms with Crippen LogP contribution < -0.4 is 0 Å². The molecule has 2 aliphatic rings. The molecule has 0 bridgehead atoms. The Hall–Kier alpha value is -0.200. The molecule has 0 amide bonds. The highest BCUT2D eigenvalue weighted by atomic mass is 16.7. The summed E-state index contributed by atoms with van der Waals surface area (Å²) in [4.78, 5) is 2.16. The van der Waals surface area contributed by atoms with Crippen molar-refractivity contribution in [1.82, 2.24) is 4.90 Å². The number of nitrogens with zero attached hydrogens (tertiary/aromatic N) is 1. The summed E-state index contributed by atoms with van der Waals surface area (Å²) in [5.41, 5.74) is 0. The highest BCUT2D eigenvalue weighted by molar-refractivity contribution is 4.92. The number of likely N-dealkylation sites (N-methyl/N-ethyl adjacent to an activating group) is 1. The van der Waals surface area contributed by atoms with Gasteiger partial charge in [-0.2, -0.15) is 0 Å². The number of hydrogen-bond donors (Lipinski definition) is 1. The summed E-state index contributed by atoms with van der Waals surface area (Å²) in [5.74, 6) is -0.441. The van der Waals surface area contributed by atoms with Crippen LogP contribution in [0.5, 0.6) is 0 Å². The van der Waals surface area contributed by atoms with Gasteiger partial charge >= 0.3 is 0 Å². The van der Waals surface area contributed by atoms with E-state index in [0.29, 0.717) is 19.8 Å². The van der Waals surface area contributed by atoms with Gasteiger partial charge in [-0.05, 0) is 20.4 Å². The molecule has 1 heterocycles. The smallest absolute Gasteiger partial charge is 0.170 e. The summed E-state index contributed by atoms with van der Waals surface area (Å²) in [6, 6.07) is 0.0947. The van der Waals surface area contributed by atoms with E-state index in [1.807, 2.05) is 14.0 Å². The van der Waals surface area contributed by atoms with Crippen molar-refractivity contribution < 1.29 is 19.3 Å². The van der Waals surface area contributed by atoms with Crippen LogP contribution in [0.25, 0.3) is 0 Å². The summed E-state index contributed by atoms with van der Waals surface area (Å²) < 4.78 is 16.9. The fourth-order valence-corrected chi connectivity index (χ4v) is 2.84. The summed E-state index contributed by atoms with van der Waals surface area (Å²) in [7, 11) is 2.03. The molecule has 1 saturated heterocycles. The van der Waals surface area contributed by atoms with Crippen LogP contribution in [0.1, 0.15) is 26.2 Å². The second kappa shape index (κ2) is 6.30. The first-order chi connectivity index (χ1) is 8.67. The van der Waals surface area contributed by atoms with Gasteiger partial charge in [-0.25, -0.2) is 0 Å². The molecule has 5 nitrogen and oxygen atoms in total. The molecule has 2 unspecified atom stereocenters. The molecule has 0 aromatic heterocycles. The fraction of sp³-hybridized carbons (Fsp3) is 1.00. The standard InChI is InChI=1S/C13H25NO4/c1-3-16-7-6-14(2)11-10-13(5-4-12(11)15)17-8-9-18-13/h11-12,15H,3-10H2,1-2H3. The lowest BCUT2D eigenvalue weighted by Gasteiger charge is -2.42. The van der Waals surface area contributed by atoms with Gasteiger partial charge in [0.15, 0.2) is 5.79 Å². The van der Waals surface area contributed by atoms with Gasteiger partial charge in [-0.3, -0.25) is 4.90 Å². The van der Waals surface area contributed by atoms with Gasteiger partial charge in [-0.15, -0.1) is 0 Å². The Morgan fingerprint density at radius 3 is 2.78 bits per heavy atom. The number of ether oxygens (including phenoxy) is 3. The van der Waals surface area contributed by atoms with Crippen LogP contribution in [0, 0.1) is 0 Å². The molecule has 1 saturated carbocycles. The monoisotopic (exact) mass is 259 g/mol. The first kappa shape index (κ1) is 14.2. The average Bonchev–Trinajstić information content (AvgIpc) is 2.81. The van der Waals surface area contributed by atoms with Crippen LogP contribution in [0.4, 0.5) is 0 Å². The lowest BCUT2D eigenvalue weighted by molar-refractivity contribution is -0.204. The van der Waals surface area contributed by atoms with E-state index in [4.69, 9.17) is 14.2 Å². The molecule has 1 aliphatic carbocycles. The minimum atomic E-state index is -0.441. The molecular formula is C13H25NO4. The van der Waals surface area contributed by atoms with Crippen LogP contribution in [-0.2, 0) is 14.2 Å². The summed E-state index contributed by atoms with van der Waals surface area (Å²) in [6.07, 6.45) is 1.99. The third-order valence-electron chi connectivity index (χ3n) is 3.96. The van der Waals surface area contributed by atoms with E-state index in [-0.39, 0.29) is 12.1 Å². The lowest BCUT2D eigenvalue weighted by atomic mass is 9.86. The lowest BCUT2D eigenvalue weighted by Crippen LogP contribution is -2.52. The maximum atomic E-state index is 10.1. The van der Waals surface area contributed by atoms with Crippen molar-refractivity contribution >= 4 is 0 Å².